The summed E-state index contributed by atoms with van der Waals surface area (Å²) in [6, 6.07) is 11.3. The smallest absolute Gasteiger partial charge is 0.271 e. The average Bonchev–Trinajstić information content (AvgIpc) is 2.80. The number of nitrogens with one attached hydrogen (secondary N) is 3. The lowest BCUT2D eigenvalue weighted by Gasteiger charge is -2.08. The van der Waals surface area contributed by atoms with Crippen molar-refractivity contribution in [2.24, 2.45) is 0 Å². The number of aromatic nitrogens is 2. The van der Waals surface area contributed by atoms with E-state index in [0.29, 0.717) is 16.6 Å². The Morgan fingerprint density at radius 3 is 2.43 bits per heavy atom. The zero-order valence-electron chi connectivity index (χ0n) is 11.2. The van der Waals surface area contributed by atoms with Crippen LogP contribution in [0.2, 0.25) is 0 Å². The number of aromatic amines is 2. The molecule has 1 aromatic heterocycles. The highest BCUT2D eigenvalue weighted by atomic mass is 32.2. The fraction of sp³-hybridized carbons (Fsp3) is 0.0714. The number of hydrogen-bond donors (Lipinski definition) is 3. The third-order valence-corrected chi connectivity index (χ3v) is 4.56. The van der Waals surface area contributed by atoms with E-state index in [1.807, 2.05) is 6.92 Å². The Morgan fingerprint density at radius 1 is 1.00 bits per heavy atom. The number of rotatable bonds is 3. The normalized spacial score (nSPS) is 11.7. The lowest BCUT2D eigenvalue weighted by Crippen LogP contribution is -2.13. The summed E-state index contributed by atoms with van der Waals surface area (Å²) in [6.07, 6.45) is 0. The Kier molecular flexibility index (Phi) is 3.06. The van der Waals surface area contributed by atoms with E-state index in [2.05, 4.69) is 14.9 Å². The number of benzene rings is 2. The Hall–Kier alpha value is -2.54. The maximum absolute atomic E-state index is 12.3. The van der Waals surface area contributed by atoms with Gasteiger partial charge in [-0.05, 0) is 37.3 Å². The highest BCUT2D eigenvalue weighted by Crippen LogP contribution is 2.19. The van der Waals surface area contributed by atoms with E-state index in [1.54, 1.807) is 36.4 Å². The van der Waals surface area contributed by atoms with Crippen LogP contribution in [0.25, 0.3) is 10.9 Å². The van der Waals surface area contributed by atoms with Gasteiger partial charge >= 0.3 is 0 Å². The largest absolute Gasteiger partial charge is 0.298 e. The predicted molar refractivity (Wildman–Crippen MR) is 80.9 cm³/mol. The first kappa shape index (κ1) is 13.4. The van der Waals surface area contributed by atoms with E-state index < -0.39 is 10.0 Å². The minimum absolute atomic E-state index is 0.177. The van der Waals surface area contributed by atoms with Gasteiger partial charge in [0.05, 0.1) is 15.8 Å². The van der Waals surface area contributed by atoms with Crippen LogP contribution in [0.1, 0.15) is 5.56 Å². The SMILES string of the molecule is Cc1ccc(S(=O)(=O)Nc2ccc3[nH][nH]c(=O)c3c2)cc1. The van der Waals surface area contributed by atoms with E-state index >= 15 is 0 Å². The number of H-pyrrole nitrogens is 2. The quantitative estimate of drug-likeness (QED) is 0.690. The van der Waals surface area contributed by atoms with Crippen molar-refractivity contribution in [2.45, 2.75) is 11.8 Å². The molecule has 2 aromatic carbocycles. The molecule has 0 atom stereocenters. The van der Waals surface area contributed by atoms with Gasteiger partial charge in [0.25, 0.3) is 15.6 Å². The Balaban J connectivity index is 1.98. The second-order valence-corrected chi connectivity index (χ2v) is 6.44. The van der Waals surface area contributed by atoms with Crippen LogP contribution >= 0.6 is 0 Å². The highest BCUT2D eigenvalue weighted by Gasteiger charge is 2.14. The number of anilines is 1. The van der Waals surface area contributed by atoms with Crippen LogP contribution in [-0.4, -0.2) is 18.6 Å². The van der Waals surface area contributed by atoms with Crippen LogP contribution in [0.5, 0.6) is 0 Å². The minimum atomic E-state index is -3.67. The van der Waals surface area contributed by atoms with E-state index in [1.165, 1.54) is 6.07 Å². The summed E-state index contributed by atoms with van der Waals surface area (Å²) in [5.41, 5.74) is 1.65. The molecule has 6 nitrogen and oxygen atoms in total. The van der Waals surface area contributed by atoms with Gasteiger partial charge in [0.1, 0.15) is 0 Å². The van der Waals surface area contributed by atoms with E-state index in [4.69, 9.17) is 0 Å². The van der Waals surface area contributed by atoms with Gasteiger partial charge in [-0.1, -0.05) is 17.7 Å². The molecule has 3 N–H and O–H groups in total. The molecule has 0 amide bonds. The predicted octanol–water partition coefficient (Wildman–Crippen LogP) is 1.97. The molecule has 0 bridgehead atoms. The number of aryl methyl sites for hydroxylation is 1. The lowest BCUT2D eigenvalue weighted by molar-refractivity contribution is 0.601. The van der Waals surface area contributed by atoms with Crippen molar-refractivity contribution < 1.29 is 8.42 Å². The molecule has 0 unspecified atom stereocenters. The Morgan fingerprint density at radius 2 is 1.71 bits per heavy atom. The van der Waals surface area contributed by atoms with Gasteiger partial charge in [0.2, 0.25) is 0 Å². The van der Waals surface area contributed by atoms with Gasteiger partial charge in [-0.2, -0.15) is 0 Å². The van der Waals surface area contributed by atoms with Crippen molar-refractivity contribution in [3.63, 3.8) is 0 Å². The first-order chi connectivity index (χ1) is 9.95. The topological polar surface area (TPSA) is 94.8 Å². The van der Waals surface area contributed by atoms with Crippen LogP contribution in [-0.2, 0) is 10.0 Å². The lowest BCUT2D eigenvalue weighted by atomic mass is 10.2. The molecular formula is C14H13N3O3S. The summed E-state index contributed by atoms with van der Waals surface area (Å²) in [5, 5.41) is 5.55. The molecule has 0 saturated carbocycles. The minimum Gasteiger partial charge on any atom is -0.298 e. The first-order valence-corrected chi connectivity index (χ1v) is 7.74. The fourth-order valence-corrected chi connectivity index (χ4v) is 3.08. The third-order valence-electron chi connectivity index (χ3n) is 3.16. The van der Waals surface area contributed by atoms with Crippen LogP contribution in [0.3, 0.4) is 0 Å². The number of fused-ring (bicyclic) bond motifs is 1. The summed E-state index contributed by atoms with van der Waals surface area (Å²) in [5.74, 6) is 0. The van der Waals surface area contributed by atoms with Crippen molar-refractivity contribution in [1.82, 2.24) is 10.2 Å². The molecule has 0 aliphatic carbocycles. The molecule has 0 fully saturated rings. The van der Waals surface area contributed by atoms with Gasteiger partial charge in [-0.15, -0.1) is 0 Å². The van der Waals surface area contributed by atoms with Gasteiger partial charge in [-0.3, -0.25) is 19.7 Å². The zero-order chi connectivity index (χ0) is 15.0. The number of hydrogen-bond acceptors (Lipinski definition) is 3. The zero-order valence-corrected chi connectivity index (χ0v) is 12.0. The molecule has 0 radical (unpaired) electrons. The summed E-state index contributed by atoms with van der Waals surface area (Å²) in [6.45, 7) is 1.88. The molecule has 108 valence electrons. The van der Waals surface area contributed by atoms with Gasteiger partial charge in [0, 0.05) is 5.69 Å². The molecule has 21 heavy (non-hydrogen) atoms. The maximum atomic E-state index is 12.3. The van der Waals surface area contributed by atoms with Gasteiger partial charge in [0.15, 0.2) is 0 Å². The third kappa shape index (κ3) is 2.55. The van der Waals surface area contributed by atoms with Crippen molar-refractivity contribution in [1.29, 1.82) is 0 Å². The summed E-state index contributed by atoms with van der Waals surface area (Å²) < 4.78 is 27.0. The maximum Gasteiger partial charge on any atom is 0.271 e. The molecule has 0 spiro atoms. The van der Waals surface area contributed by atoms with Gasteiger partial charge in [-0.25, -0.2) is 8.42 Å². The van der Waals surface area contributed by atoms with Crippen LogP contribution in [0.4, 0.5) is 5.69 Å². The molecule has 3 aromatic rings. The second-order valence-electron chi connectivity index (χ2n) is 4.76. The second kappa shape index (κ2) is 4.78. The van der Waals surface area contributed by atoms with Crippen molar-refractivity contribution in [3.8, 4) is 0 Å². The highest BCUT2D eigenvalue weighted by molar-refractivity contribution is 7.92. The molecule has 0 aliphatic rings. The van der Waals surface area contributed by atoms with E-state index in [-0.39, 0.29) is 10.5 Å². The first-order valence-electron chi connectivity index (χ1n) is 6.26. The van der Waals surface area contributed by atoms with Crippen molar-refractivity contribution in [3.05, 3.63) is 58.4 Å². The molecule has 3 rings (SSSR count). The molecule has 0 saturated heterocycles. The van der Waals surface area contributed by atoms with E-state index in [0.717, 1.165) is 5.56 Å². The van der Waals surface area contributed by atoms with Crippen LogP contribution in [0, 0.1) is 6.92 Å². The Labute approximate surface area is 120 Å². The summed E-state index contributed by atoms with van der Waals surface area (Å²) >= 11 is 0. The van der Waals surface area contributed by atoms with Crippen LogP contribution < -0.4 is 10.3 Å². The average molecular weight is 303 g/mol. The van der Waals surface area contributed by atoms with E-state index in [9.17, 15) is 13.2 Å². The monoisotopic (exact) mass is 303 g/mol. The molecule has 0 aliphatic heterocycles. The standard InChI is InChI=1S/C14H13N3O3S/c1-9-2-5-11(6-3-9)21(19,20)17-10-4-7-13-12(8-10)14(18)16-15-13/h2-8,17H,1H3,(H2,15,16,18). The van der Waals surface area contributed by atoms with Crippen molar-refractivity contribution in [2.75, 3.05) is 4.72 Å². The summed E-state index contributed by atoms with van der Waals surface area (Å²) in [7, 11) is -3.67. The van der Waals surface area contributed by atoms with Gasteiger partial charge < -0.3 is 0 Å². The molecular weight excluding hydrogens is 290 g/mol. The van der Waals surface area contributed by atoms with Crippen molar-refractivity contribution >= 4 is 26.6 Å². The number of sulfonamides is 1. The van der Waals surface area contributed by atoms with Crippen LogP contribution in [0.15, 0.2) is 52.2 Å². The molecule has 1 heterocycles. The fourth-order valence-electron chi connectivity index (χ4n) is 2.03. The summed E-state index contributed by atoms with van der Waals surface area (Å²) in [4.78, 5) is 11.7. The molecule has 7 heteroatoms. The Bertz CT molecular complexity index is 953.